The Labute approximate surface area is 163 Å². The number of nitro groups is 1. The number of nitrogens with one attached hydrogen (secondary N) is 1. The number of carbonyl (C=O) groups is 2. The average Bonchev–Trinajstić information content (AvgIpc) is 2.69. The molecule has 0 fully saturated rings. The molecule has 0 saturated carbocycles. The molecule has 0 atom stereocenters. The van der Waals surface area contributed by atoms with Crippen molar-refractivity contribution in [2.45, 2.75) is 20.8 Å². The van der Waals surface area contributed by atoms with Gasteiger partial charge in [0.1, 0.15) is 5.70 Å². The molecule has 2 rings (SSSR count). The van der Waals surface area contributed by atoms with Crippen LogP contribution < -0.4 is 5.32 Å². The van der Waals surface area contributed by atoms with E-state index in [1.807, 2.05) is 32.9 Å². The van der Waals surface area contributed by atoms with E-state index in [9.17, 15) is 19.7 Å². The fraction of sp³-hybridized carbons (Fsp3) is 0.238. The van der Waals surface area contributed by atoms with Gasteiger partial charge in [0.15, 0.2) is 0 Å². The quantitative estimate of drug-likeness (QED) is 0.451. The normalized spacial score (nSPS) is 11.0. The highest BCUT2D eigenvalue weighted by Gasteiger charge is 2.19. The Hall–Kier alpha value is -3.48. The van der Waals surface area contributed by atoms with Crippen LogP contribution in [-0.4, -0.2) is 34.7 Å². The van der Waals surface area contributed by atoms with Crippen molar-refractivity contribution >= 4 is 23.6 Å². The molecule has 1 N–H and O–H groups in total. The van der Waals surface area contributed by atoms with Crippen LogP contribution in [0.1, 0.15) is 35.3 Å². The van der Waals surface area contributed by atoms with Crippen LogP contribution in [0.15, 0.2) is 54.2 Å². The molecule has 0 saturated heterocycles. The Morgan fingerprint density at radius 3 is 2.32 bits per heavy atom. The summed E-state index contributed by atoms with van der Waals surface area (Å²) in [7, 11) is 0. The highest BCUT2D eigenvalue weighted by Crippen LogP contribution is 2.16. The predicted octanol–water partition coefficient (Wildman–Crippen LogP) is 3.54. The summed E-state index contributed by atoms with van der Waals surface area (Å²) in [5.74, 6) is -0.769. The first kappa shape index (κ1) is 20.8. The van der Waals surface area contributed by atoms with E-state index in [1.54, 1.807) is 23.1 Å². The largest absolute Gasteiger partial charge is 0.338 e. The molecular weight excluding hydrogens is 358 g/mol. The van der Waals surface area contributed by atoms with Crippen molar-refractivity contribution < 1.29 is 14.5 Å². The summed E-state index contributed by atoms with van der Waals surface area (Å²) in [6.45, 7) is 6.55. The molecule has 146 valence electrons. The van der Waals surface area contributed by atoms with E-state index in [4.69, 9.17) is 0 Å². The lowest BCUT2D eigenvalue weighted by atomic mass is 10.1. The maximum Gasteiger partial charge on any atom is 0.270 e. The number of carbonyl (C=O) groups excluding carboxylic acids is 2. The number of rotatable bonds is 7. The molecule has 7 heteroatoms. The van der Waals surface area contributed by atoms with Gasteiger partial charge in [0, 0.05) is 30.8 Å². The zero-order valence-corrected chi connectivity index (χ0v) is 16.1. The summed E-state index contributed by atoms with van der Waals surface area (Å²) < 4.78 is 0. The van der Waals surface area contributed by atoms with E-state index in [-0.39, 0.29) is 17.3 Å². The Bertz CT molecular complexity index is 900. The van der Waals surface area contributed by atoms with Crippen LogP contribution in [0, 0.1) is 17.0 Å². The third kappa shape index (κ3) is 5.26. The standard InChI is InChI=1S/C21H23N3O4/c1-4-23(5-2)21(26)19(14-16-7-6-8-18(13-16)24(27)28)22-20(25)17-11-9-15(3)10-12-17/h6-14H,4-5H2,1-3H3,(H,22,25). The molecule has 0 radical (unpaired) electrons. The van der Waals surface area contributed by atoms with Crippen LogP contribution in [0.4, 0.5) is 5.69 Å². The molecule has 0 spiro atoms. The Morgan fingerprint density at radius 1 is 1.11 bits per heavy atom. The fourth-order valence-corrected chi connectivity index (χ4v) is 2.63. The van der Waals surface area contributed by atoms with Gasteiger partial charge in [-0.2, -0.15) is 0 Å². The van der Waals surface area contributed by atoms with Gasteiger partial charge in [-0.3, -0.25) is 19.7 Å². The second-order valence-corrected chi connectivity index (χ2v) is 6.21. The lowest BCUT2D eigenvalue weighted by Gasteiger charge is -2.21. The SMILES string of the molecule is CCN(CC)C(=O)C(=Cc1cccc([N+](=O)[O-])c1)NC(=O)c1ccc(C)cc1. The number of aryl methyl sites for hydroxylation is 1. The van der Waals surface area contributed by atoms with Crippen LogP contribution in [0.3, 0.4) is 0 Å². The minimum Gasteiger partial charge on any atom is -0.338 e. The fourth-order valence-electron chi connectivity index (χ4n) is 2.63. The summed E-state index contributed by atoms with van der Waals surface area (Å²) in [5.41, 5.74) is 1.86. The zero-order chi connectivity index (χ0) is 20.7. The first-order valence-corrected chi connectivity index (χ1v) is 8.99. The number of hydrogen-bond acceptors (Lipinski definition) is 4. The second kappa shape index (κ2) is 9.45. The van der Waals surface area contributed by atoms with Gasteiger partial charge in [-0.1, -0.05) is 29.8 Å². The predicted molar refractivity (Wildman–Crippen MR) is 108 cm³/mol. The van der Waals surface area contributed by atoms with Crippen molar-refractivity contribution in [1.82, 2.24) is 10.2 Å². The molecule has 0 aliphatic rings. The molecule has 0 aliphatic heterocycles. The lowest BCUT2D eigenvalue weighted by molar-refractivity contribution is -0.384. The van der Waals surface area contributed by atoms with Gasteiger partial charge in [0.25, 0.3) is 17.5 Å². The molecule has 2 aromatic carbocycles. The number of likely N-dealkylation sites (N-methyl/N-ethyl adjacent to an activating group) is 1. The molecule has 0 bridgehead atoms. The maximum absolute atomic E-state index is 12.9. The number of amides is 2. The van der Waals surface area contributed by atoms with Crippen molar-refractivity contribution in [2.75, 3.05) is 13.1 Å². The van der Waals surface area contributed by atoms with Crippen LogP contribution in [0.5, 0.6) is 0 Å². The van der Waals surface area contributed by atoms with E-state index in [1.165, 1.54) is 24.3 Å². The summed E-state index contributed by atoms with van der Waals surface area (Å²) in [4.78, 5) is 37.5. The minimum absolute atomic E-state index is 0.0646. The third-order valence-corrected chi connectivity index (χ3v) is 4.24. The number of non-ortho nitro benzene ring substituents is 1. The average molecular weight is 381 g/mol. The van der Waals surface area contributed by atoms with Crippen molar-refractivity contribution in [3.05, 3.63) is 81.0 Å². The molecule has 7 nitrogen and oxygen atoms in total. The third-order valence-electron chi connectivity index (χ3n) is 4.24. The van der Waals surface area contributed by atoms with E-state index in [0.717, 1.165) is 5.56 Å². The maximum atomic E-state index is 12.9. The Kier molecular flexibility index (Phi) is 7.03. The van der Waals surface area contributed by atoms with Crippen molar-refractivity contribution in [1.29, 1.82) is 0 Å². The van der Waals surface area contributed by atoms with E-state index < -0.39 is 10.8 Å². The number of nitro benzene ring substituents is 1. The molecule has 28 heavy (non-hydrogen) atoms. The number of hydrogen-bond donors (Lipinski definition) is 1. The molecule has 2 amide bonds. The van der Waals surface area contributed by atoms with Crippen LogP contribution in [-0.2, 0) is 4.79 Å². The molecular formula is C21H23N3O4. The van der Waals surface area contributed by atoms with Gasteiger partial charge in [0.05, 0.1) is 4.92 Å². The van der Waals surface area contributed by atoms with Crippen LogP contribution in [0.2, 0.25) is 0 Å². The zero-order valence-electron chi connectivity index (χ0n) is 16.1. The summed E-state index contributed by atoms with van der Waals surface area (Å²) in [6, 6.07) is 12.9. The highest BCUT2D eigenvalue weighted by atomic mass is 16.6. The van der Waals surface area contributed by atoms with E-state index in [0.29, 0.717) is 24.2 Å². The van der Waals surface area contributed by atoms with Gasteiger partial charge in [0.2, 0.25) is 0 Å². The van der Waals surface area contributed by atoms with Gasteiger partial charge in [-0.15, -0.1) is 0 Å². The highest BCUT2D eigenvalue weighted by molar-refractivity contribution is 6.05. The van der Waals surface area contributed by atoms with E-state index >= 15 is 0 Å². The topological polar surface area (TPSA) is 92.6 Å². The summed E-state index contributed by atoms with van der Waals surface area (Å²) in [6.07, 6.45) is 1.46. The Morgan fingerprint density at radius 2 is 1.75 bits per heavy atom. The van der Waals surface area contributed by atoms with Gasteiger partial charge in [-0.25, -0.2) is 0 Å². The Balaban J connectivity index is 2.40. The minimum atomic E-state index is -0.506. The van der Waals surface area contributed by atoms with E-state index in [2.05, 4.69) is 5.32 Å². The lowest BCUT2D eigenvalue weighted by Crippen LogP contribution is -2.38. The smallest absolute Gasteiger partial charge is 0.270 e. The van der Waals surface area contributed by atoms with Gasteiger partial charge in [-0.05, 0) is 44.5 Å². The number of benzene rings is 2. The van der Waals surface area contributed by atoms with Crippen LogP contribution in [0.25, 0.3) is 6.08 Å². The molecule has 0 unspecified atom stereocenters. The van der Waals surface area contributed by atoms with Gasteiger partial charge < -0.3 is 10.2 Å². The molecule has 2 aromatic rings. The first-order valence-electron chi connectivity index (χ1n) is 8.99. The second-order valence-electron chi connectivity index (χ2n) is 6.21. The molecule has 0 heterocycles. The molecule has 0 aliphatic carbocycles. The van der Waals surface area contributed by atoms with Crippen molar-refractivity contribution in [3.63, 3.8) is 0 Å². The van der Waals surface area contributed by atoms with Crippen molar-refractivity contribution in [2.24, 2.45) is 0 Å². The monoisotopic (exact) mass is 381 g/mol. The van der Waals surface area contributed by atoms with Crippen LogP contribution >= 0.6 is 0 Å². The van der Waals surface area contributed by atoms with Crippen molar-refractivity contribution in [3.8, 4) is 0 Å². The number of nitrogens with zero attached hydrogens (tertiary/aromatic N) is 2. The summed E-state index contributed by atoms with van der Waals surface area (Å²) >= 11 is 0. The molecule has 0 aromatic heterocycles. The van der Waals surface area contributed by atoms with Gasteiger partial charge >= 0.3 is 0 Å². The first-order chi connectivity index (χ1) is 13.3. The summed E-state index contributed by atoms with van der Waals surface area (Å²) in [5, 5.41) is 13.7.